The summed E-state index contributed by atoms with van der Waals surface area (Å²) in [6.45, 7) is 7.05. The number of rotatable bonds is 12. The van der Waals surface area contributed by atoms with E-state index < -0.39 is 18.4 Å². The molecule has 2 heterocycles. The molecule has 4 aromatic carbocycles. The first kappa shape index (κ1) is 36.6. The lowest BCUT2D eigenvalue weighted by molar-refractivity contribution is -0.384. The number of anilines is 1. The first-order valence-corrected chi connectivity index (χ1v) is 17.5. The minimum Gasteiger partial charge on any atom is -0.453 e. The minimum absolute atomic E-state index is 0.0265. The van der Waals surface area contributed by atoms with Gasteiger partial charge in [0, 0.05) is 76.0 Å². The summed E-state index contributed by atoms with van der Waals surface area (Å²) in [6, 6.07) is 30.5. The van der Waals surface area contributed by atoms with Crippen LogP contribution in [-0.4, -0.2) is 71.7 Å². The van der Waals surface area contributed by atoms with Crippen LogP contribution in [0.4, 0.5) is 11.4 Å². The summed E-state index contributed by atoms with van der Waals surface area (Å²) in [4.78, 5) is 39.1. The number of amides is 1. The largest absolute Gasteiger partial charge is 0.453 e. The van der Waals surface area contributed by atoms with Crippen LogP contribution in [0.5, 0.6) is 0 Å². The quantitative estimate of drug-likeness (QED) is 0.107. The Balaban J connectivity index is 1.14. The van der Waals surface area contributed by atoms with Crippen LogP contribution < -0.4 is 10.2 Å². The molecule has 1 amide bonds. The van der Waals surface area contributed by atoms with Crippen molar-refractivity contribution in [3.8, 4) is 11.1 Å². The molecule has 52 heavy (non-hydrogen) atoms. The summed E-state index contributed by atoms with van der Waals surface area (Å²) in [5.74, 6) is -0.876. The molecule has 6 rings (SSSR count). The van der Waals surface area contributed by atoms with Gasteiger partial charge in [-0.1, -0.05) is 72.8 Å². The Morgan fingerprint density at radius 1 is 0.923 bits per heavy atom. The number of nitro groups is 1. The van der Waals surface area contributed by atoms with Crippen LogP contribution in [0.25, 0.3) is 11.1 Å². The number of hydrogen-bond donors (Lipinski definition) is 2. The molecule has 0 aromatic heterocycles. The molecule has 4 unspecified atom stereocenters. The maximum Gasteiger partial charge on any atom is 0.303 e. The zero-order valence-corrected chi connectivity index (χ0v) is 29.4. The molecule has 4 atom stereocenters. The van der Waals surface area contributed by atoms with Gasteiger partial charge in [0.05, 0.1) is 23.7 Å². The number of nitrogens with one attached hydrogen (secondary N) is 1. The maximum absolute atomic E-state index is 12.5. The summed E-state index contributed by atoms with van der Waals surface area (Å²) in [5.41, 5.74) is 6.66. The number of aliphatic hydroxyl groups is 1. The summed E-state index contributed by atoms with van der Waals surface area (Å²) < 4.78 is 18.2. The van der Waals surface area contributed by atoms with E-state index in [0.29, 0.717) is 6.42 Å². The van der Waals surface area contributed by atoms with Crippen molar-refractivity contribution in [3.63, 3.8) is 0 Å². The number of ether oxygens (including phenoxy) is 3. The number of benzene rings is 4. The van der Waals surface area contributed by atoms with Gasteiger partial charge in [-0.2, -0.15) is 0 Å². The highest BCUT2D eigenvalue weighted by molar-refractivity contribution is 5.83. The van der Waals surface area contributed by atoms with Gasteiger partial charge < -0.3 is 29.5 Å². The second-order valence-electron chi connectivity index (χ2n) is 13.2. The molecule has 272 valence electrons. The van der Waals surface area contributed by atoms with Gasteiger partial charge in [-0.25, -0.2) is 0 Å². The van der Waals surface area contributed by atoms with Gasteiger partial charge in [0.1, 0.15) is 0 Å². The molecular formula is C40H44N4O8. The molecule has 2 N–H and O–H groups in total. The fraction of sp³-hybridized carbons (Fsp3) is 0.350. The predicted octanol–water partition coefficient (Wildman–Crippen LogP) is 5.69. The zero-order chi connectivity index (χ0) is 36.6. The first-order valence-electron chi connectivity index (χ1n) is 17.5. The van der Waals surface area contributed by atoms with Gasteiger partial charge in [0.2, 0.25) is 0 Å². The van der Waals surface area contributed by atoms with Crippen molar-refractivity contribution >= 4 is 23.3 Å². The maximum atomic E-state index is 12.5. The van der Waals surface area contributed by atoms with E-state index in [1.807, 2.05) is 84.9 Å². The molecule has 12 nitrogen and oxygen atoms in total. The van der Waals surface area contributed by atoms with Crippen molar-refractivity contribution in [3.05, 3.63) is 129 Å². The van der Waals surface area contributed by atoms with Gasteiger partial charge in [-0.3, -0.25) is 24.6 Å². The highest BCUT2D eigenvalue weighted by atomic mass is 16.7. The summed E-state index contributed by atoms with van der Waals surface area (Å²) in [5, 5.41) is 23.5. The SMILES string of the molecule is CC(=O)OC(C)C(=O)NCc1ccccc1-c1ccc(C2OC(CN3CCN(c4ccc([N+](=O)[O-])cc4)CC3)CC(c3ccc(CO)cc3)O2)cc1. The normalized spacial score (nSPS) is 19.8. The van der Waals surface area contributed by atoms with Crippen molar-refractivity contribution in [2.24, 2.45) is 0 Å². The van der Waals surface area contributed by atoms with E-state index in [-0.39, 0.29) is 41.9 Å². The van der Waals surface area contributed by atoms with Crippen molar-refractivity contribution in [2.45, 2.75) is 58.0 Å². The lowest BCUT2D eigenvalue weighted by atomic mass is 9.97. The van der Waals surface area contributed by atoms with Crippen LogP contribution in [0.1, 0.15) is 54.9 Å². The molecule has 0 spiro atoms. The molecule has 0 saturated carbocycles. The lowest BCUT2D eigenvalue weighted by Crippen LogP contribution is -2.49. The molecule has 2 aliphatic rings. The zero-order valence-electron chi connectivity index (χ0n) is 29.4. The Bertz CT molecular complexity index is 1830. The van der Waals surface area contributed by atoms with Crippen molar-refractivity contribution in [2.75, 3.05) is 37.6 Å². The van der Waals surface area contributed by atoms with Crippen LogP contribution in [0.15, 0.2) is 97.1 Å². The van der Waals surface area contributed by atoms with Crippen LogP contribution >= 0.6 is 0 Å². The molecule has 4 aromatic rings. The van der Waals surface area contributed by atoms with Gasteiger partial charge in [-0.05, 0) is 46.9 Å². The second-order valence-corrected chi connectivity index (χ2v) is 13.2. The standard InChI is InChI=1S/C40H44N4O8/c1-27(50-28(2)46)39(47)41-24-33-5-3-4-6-37(33)30-11-13-32(14-12-30)40-51-36(23-38(52-40)31-9-7-29(26-45)8-10-31)25-42-19-21-43(22-20-42)34-15-17-35(18-16-34)44(48)49/h3-18,27,36,38,40,45H,19-26H2,1-2H3,(H,41,47). The van der Waals surface area contributed by atoms with E-state index in [1.165, 1.54) is 6.92 Å². The van der Waals surface area contributed by atoms with Crippen molar-refractivity contribution in [1.29, 1.82) is 0 Å². The summed E-state index contributed by atoms with van der Waals surface area (Å²) in [6.07, 6.45) is -1.13. The number of aliphatic hydroxyl groups excluding tert-OH is 1. The number of non-ortho nitro benzene ring substituents is 1. The Kier molecular flexibility index (Phi) is 11.9. The number of carbonyl (C=O) groups is 2. The second kappa shape index (κ2) is 16.9. The highest BCUT2D eigenvalue weighted by Gasteiger charge is 2.34. The van der Waals surface area contributed by atoms with Gasteiger partial charge in [0.15, 0.2) is 12.4 Å². The third kappa shape index (κ3) is 9.20. The average Bonchev–Trinajstić information content (AvgIpc) is 3.17. The number of hydrogen-bond acceptors (Lipinski definition) is 10. The van der Waals surface area contributed by atoms with Crippen LogP contribution in [0, 0.1) is 10.1 Å². The third-order valence-electron chi connectivity index (χ3n) is 9.55. The predicted molar refractivity (Wildman–Crippen MR) is 195 cm³/mol. The Hall–Kier alpha value is -5.14. The Morgan fingerprint density at radius 2 is 1.60 bits per heavy atom. The number of nitro benzene ring substituents is 1. The first-order chi connectivity index (χ1) is 25.2. The van der Waals surface area contributed by atoms with Crippen LogP contribution in [-0.2, 0) is 37.0 Å². The van der Waals surface area contributed by atoms with E-state index in [0.717, 1.165) is 71.8 Å². The molecule has 0 aliphatic carbocycles. The molecule has 2 fully saturated rings. The highest BCUT2D eigenvalue weighted by Crippen LogP contribution is 2.39. The summed E-state index contributed by atoms with van der Waals surface area (Å²) >= 11 is 0. The topological polar surface area (TPSA) is 144 Å². The lowest BCUT2D eigenvalue weighted by Gasteiger charge is -2.41. The van der Waals surface area contributed by atoms with E-state index in [9.17, 15) is 24.8 Å². The molecule has 0 radical (unpaired) electrons. The number of carbonyl (C=O) groups excluding carboxylic acids is 2. The molecule has 2 saturated heterocycles. The third-order valence-corrected chi connectivity index (χ3v) is 9.55. The fourth-order valence-electron chi connectivity index (χ4n) is 6.70. The van der Waals surface area contributed by atoms with Crippen molar-refractivity contribution < 1.29 is 33.8 Å². The van der Waals surface area contributed by atoms with Gasteiger partial charge in [0.25, 0.3) is 11.6 Å². The van der Waals surface area contributed by atoms with Gasteiger partial charge in [-0.15, -0.1) is 0 Å². The fourth-order valence-corrected chi connectivity index (χ4v) is 6.70. The van der Waals surface area contributed by atoms with Crippen LogP contribution in [0.3, 0.4) is 0 Å². The molecular weight excluding hydrogens is 664 g/mol. The number of piperazine rings is 1. The van der Waals surface area contributed by atoms with E-state index in [4.69, 9.17) is 14.2 Å². The molecule has 2 aliphatic heterocycles. The monoisotopic (exact) mass is 708 g/mol. The van der Waals surface area contributed by atoms with Crippen molar-refractivity contribution in [1.82, 2.24) is 10.2 Å². The molecule has 12 heteroatoms. The number of nitrogens with zero attached hydrogens (tertiary/aromatic N) is 3. The van der Waals surface area contributed by atoms with E-state index in [1.54, 1.807) is 19.1 Å². The molecule has 0 bridgehead atoms. The Labute approximate surface area is 303 Å². The minimum atomic E-state index is -0.883. The Morgan fingerprint density at radius 3 is 2.25 bits per heavy atom. The van der Waals surface area contributed by atoms with E-state index >= 15 is 0 Å². The van der Waals surface area contributed by atoms with Gasteiger partial charge >= 0.3 is 5.97 Å². The van der Waals surface area contributed by atoms with E-state index in [2.05, 4.69) is 15.1 Å². The average molecular weight is 709 g/mol. The van der Waals surface area contributed by atoms with Crippen LogP contribution in [0.2, 0.25) is 0 Å². The number of esters is 1. The summed E-state index contributed by atoms with van der Waals surface area (Å²) in [7, 11) is 0. The smallest absolute Gasteiger partial charge is 0.303 e.